The van der Waals surface area contributed by atoms with Gasteiger partial charge in [-0.2, -0.15) is 18.4 Å². The van der Waals surface area contributed by atoms with Crippen LogP contribution >= 0.6 is 0 Å². The first kappa shape index (κ1) is 17.9. The molecule has 0 aromatic rings. The monoisotopic (exact) mass is 318 g/mol. The Balaban J connectivity index is 3.44. The van der Waals surface area contributed by atoms with E-state index in [9.17, 15) is 18.5 Å². The van der Waals surface area contributed by atoms with Gasteiger partial charge in [0.1, 0.15) is 6.10 Å². The lowest BCUT2D eigenvalue weighted by Crippen LogP contribution is -2.62. The second-order valence-electron chi connectivity index (χ2n) is 5.86. The molecule has 0 aromatic heterocycles. The Morgan fingerprint density at radius 3 is 2.48 bits per heavy atom. The molecule has 0 saturated carbocycles. The SMILES string of the molecule is CC(=O)O[C@@H]1[C@@H](C)COS(=O)(=O)NC1(C#N)[C@@H](C)C(C)C. The molecule has 8 heteroatoms. The quantitative estimate of drug-likeness (QED) is 0.777. The molecule has 1 N–H and O–H groups in total. The van der Waals surface area contributed by atoms with E-state index in [1.165, 1.54) is 6.92 Å². The minimum atomic E-state index is -4.08. The molecule has 1 fully saturated rings. The first-order valence-corrected chi connectivity index (χ1v) is 8.23. The zero-order valence-corrected chi connectivity index (χ0v) is 13.7. The van der Waals surface area contributed by atoms with Crippen molar-refractivity contribution in [2.45, 2.75) is 46.3 Å². The van der Waals surface area contributed by atoms with Crippen molar-refractivity contribution < 1.29 is 22.1 Å². The topological polar surface area (TPSA) is 105 Å². The average Bonchev–Trinajstić information content (AvgIpc) is 2.47. The summed E-state index contributed by atoms with van der Waals surface area (Å²) in [6, 6.07) is 2.03. The van der Waals surface area contributed by atoms with Gasteiger partial charge in [0.2, 0.25) is 0 Å². The minimum Gasteiger partial charge on any atom is -0.459 e. The van der Waals surface area contributed by atoms with E-state index in [-0.39, 0.29) is 18.4 Å². The summed E-state index contributed by atoms with van der Waals surface area (Å²) in [5.74, 6) is -1.40. The third-order valence-corrected chi connectivity index (χ3v) is 4.98. The molecule has 21 heavy (non-hydrogen) atoms. The third kappa shape index (κ3) is 3.73. The van der Waals surface area contributed by atoms with Crippen LogP contribution in [0.15, 0.2) is 0 Å². The summed E-state index contributed by atoms with van der Waals surface area (Å²) in [5, 5.41) is 9.70. The van der Waals surface area contributed by atoms with Gasteiger partial charge in [0, 0.05) is 12.8 Å². The number of esters is 1. The number of hydrogen-bond acceptors (Lipinski definition) is 6. The summed E-state index contributed by atoms with van der Waals surface area (Å²) < 4.78 is 36.3. The maximum Gasteiger partial charge on any atom is 0.337 e. The van der Waals surface area contributed by atoms with E-state index >= 15 is 0 Å². The summed E-state index contributed by atoms with van der Waals surface area (Å²) in [7, 11) is -4.08. The van der Waals surface area contributed by atoms with Gasteiger partial charge in [-0.3, -0.25) is 8.98 Å². The van der Waals surface area contributed by atoms with Crippen LogP contribution in [0.3, 0.4) is 0 Å². The molecule has 0 aromatic carbocycles. The van der Waals surface area contributed by atoms with Crippen molar-refractivity contribution in [2.24, 2.45) is 17.8 Å². The normalized spacial score (nSPS) is 33.8. The van der Waals surface area contributed by atoms with Crippen molar-refractivity contribution in [3.63, 3.8) is 0 Å². The van der Waals surface area contributed by atoms with E-state index in [0.717, 1.165) is 0 Å². The molecule has 0 bridgehead atoms. The standard InChI is InChI=1S/C13H22N2O5S/c1-8(2)10(4)13(7-14)12(20-11(5)16)9(3)6-19-21(17,18)15-13/h8-10,12,15H,6H2,1-5H3/t9-,10-,12+,13?/m0/s1. The van der Waals surface area contributed by atoms with Crippen molar-refractivity contribution in [1.82, 2.24) is 4.72 Å². The van der Waals surface area contributed by atoms with Crippen LogP contribution in [0.25, 0.3) is 0 Å². The minimum absolute atomic E-state index is 0.00397. The van der Waals surface area contributed by atoms with Crippen LogP contribution in [0.2, 0.25) is 0 Å². The number of carbonyl (C=O) groups excluding carboxylic acids is 1. The fourth-order valence-electron chi connectivity index (χ4n) is 2.48. The predicted molar refractivity (Wildman–Crippen MR) is 75.1 cm³/mol. The van der Waals surface area contributed by atoms with Crippen molar-refractivity contribution in [2.75, 3.05) is 6.61 Å². The van der Waals surface area contributed by atoms with Crippen molar-refractivity contribution in [3.8, 4) is 6.07 Å². The molecule has 1 heterocycles. The summed E-state index contributed by atoms with van der Waals surface area (Å²) in [4.78, 5) is 11.4. The number of carbonyl (C=O) groups is 1. The highest BCUT2D eigenvalue weighted by molar-refractivity contribution is 7.84. The third-order valence-electron chi connectivity index (χ3n) is 3.94. The summed E-state index contributed by atoms with van der Waals surface area (Å²) in [6.07, 6.45) is -0.922. The molecule has 1 aliphatic rings. The molecule has 1 saturated heterocycles. The van der Waals surface area contributed by atoms with E-state index in [1.807, 2.05) is 19.9 Å². The number of nitriles is 1. The van der Waals surface area contributed by atoms with Crippen molar-refractivity contribution in [3.05, 3.63) is 0 Å². The van der Waals surface area contributed by atoms with Crippen LogP contribution in [-0.2, 0) is 24.0 Å². The van der Waals surface area contributed by atoms with Gasteiger partial charge in [-0.15, -0.1) is 0 Å². The van der Waals surface area contributed by atoms with Gasteiger partial charge in [-0.1, -0.05) is 27.7 Å². The molecule has 0 radical (unpaired) electrons. The van der Waals surface area contributed by atoms with Crippen LogP contribution in [-0.4, -0.2) is 32.6 Å². The molecule has 0 amide bonds. The van der Waals surface area contributed by atoms with Crippen LogP contribution in [0.1, 0.15) is 34.6 Å². The van der Waals surface area contributed by atoms with Crippen LogP contribution in [0, 0.1) is 29.1 Å². The maximum atomic E-state index is 11.9. The molecular weight excluding hydrogens is 296 g/mol. The Bertz CT molecular complexity index is 539. The lowest BCUT2D eigenvalue weighted by atomic mass is 9.73. The van der Waals surface area contributed by atoms with Gasteiger partial charge in [0.25, 0.3) is 0 Å². The highest BCUT2D eigenvalue weighted by Crippen LogP contribution is 2.35. The first-order valence-electron chi connectivity index (χ1n) is 6.82. The zero-order valence-electron chi connectivity index (χ0n) is 12.9. The second-order valence-corrected chi connectivity index (χ2v) is 7.21. The number of nitrogens with zero attached hydrogens (tertiary/aromatic N) is 1. The maximum absolute atomic E-state index is 11.9. The molecule has 1 aliphatic heterocycles. The van der Waals surface area contributed by atoms with Gasteiger partial charge in [0.15, 0.2) is 5.54 Å². The second kappa shape index (κ2) is 6.30. The smallest absolute Gasteiger partial charge is 0.337 e. The molecule has 0 aliphatic carbocycles. The fourth-order valence-corrected chi connectivity index (χ4v) is 3.70. The van der Waals surface area contributed by atoms with Crippen LogP contribution in [0.4, 0.5) is 0 Å². The number of nitrogens with one attached hydrogen (secondary N) is 1. The van der Waals surface area contributed by atoms with Gasteiger partial charge < -0.3 is 4.74 Å². The molecule has 1 rings (SSSR count). The van der Waals surface area contributed by atoms with Crippen molar-refractivity contribution in [1.29, 1.82) is 5.26 Å². The predicted octanol–water partition coefficient (Wildman–Crippen LogP) is 0.973. The molecule has 120 valence electrons. The molecule has 7 nitrogen and oxygen atoms in total. The Hall–Kier alpha value is -1.17. The van der Waals surface area contributed by atoms with Crippen LogP contribution < -0.4 is 4.72 Å². The molecule has 0 spiro atoms. The van der Waals surface area contributed by atoms with Gasteiger partial charge >= 0.3 is 16.3 Å². The lowest BCUT2D eigenvalue weighted by molar-refractivity contribution is -0.154. The molecule has 4 atom stereocenters. The fraction of sp³-hybridized carbons (Fsp3) is 0.846. The van der Waals surface area contributed by atoms with E-state index < -0.39 is 33.8 Å². The Labute approximate surface area is 125 Å². The lowest BCUT2D eigenvalue weighted by Gasteiger charge is -2.40. The number of ether oxygens (including phenoxy) is 1. The van der Waals surface area contributed by atoms with Crippen molar-refractivity contribution >= 4 is 16.3 Å². The Morgan fingerprint density at radius 1 is 1.48 bits per heavy atom. The summed E-state index contributed by atoms with van der Waals surface area (Å²) in [5.41, 5.74) is -1.56. The summed E-state index contributed by atoms with van der Waals surface area (Å²) >= 11 is 0. The van der Waals surface area contributed by atoms with Gasteiger partial charge in [-0.25, -0.2) is 0 Å². The summed E-state index contributed by atoms with van der Waals surface area (Å²) in [6.45, 7) is 8.27. The highest BCUT2D eigenvalue weighted by Gasteiger charge is 2.54. The number of rotatable bonds is 3. The van der Waals surface area contributed by atoms with E-state index in [2.05, 4.69) is 4.72 Å². The largest absolute Gasteiger partial charge is 0.459 e. The van der Waals surface area contributed by atoms with E-state index in [0.29, 0.717) is 0 Å². The zero-order chi connectivity index (χ0) is 16.4. The Morgan fingerprint density at radius 2 is 2.05 bits per heavy atom. The molecular formula is C13H22N2O5S. The average molecular weight is 318 g/mol. The Kier molecular flexibility index (Phi) is 5.36. The van der Waals surface area contributed by atoms with E-state index in [1.54, 1.807) is 13.8 Å². The molecule has 1 unspecified atom stereocenters. The highest BCUT2D eigenvalue weighted by atomic mass is 32.2. The van der Waals surface area contributed by atoms with Gasteiger partial charge in [0.05, 0.1) is 12.7 Å². The number of hydrogen-bond donors (Lipinski definition) is 1. The van der Waals surface area contributed by atoms with Gasteiger partial charge in [-0.05, 0) is 11.8 Å². The van der Waals surface area contributed by atoms with Crippen LogP contribution in [0.5, 0.6) is 0 Å². The first-order chi connectivity index (χ1) is 9.55. The van der Waals surface area contributed by atoms with E-state index in [4.69, 9.17) is 8.92 Å².